The van der Waals surface area contributed by atoms with Crippen LogP contribution in [0.25, 0.3) is 0 Å². The maximum absolute atomic E-state index is 3.88. The Morgan fingerprint density at radius 3 is 2.20 bits per heavy atom. The minimum absolute atomic E-state index is 0.566. The van der Waals surface area contributed by atoms with E-state index < -0.39 is 0 Å². The molecule has 2 heteroatoms. The van der Waals surface area contributed by atoms with Gasteiger partial charge in [0.15, 0.2) is 0 Å². The second kappa shape index (κ2) is 6.70. The molecule has 0 aliphatic heterocycles. The lowest BCUT2D eigenvalue weighted by atomic mass is 9.94. The van der Waals surface area contributed by atoms with Crippen molar-refractivity contribution >= 4 is 27.3 Å². The van der Waals surface area contributed by atoms with E-state index in [1.54, 1.807) is 0 Å². The van der Waals surface area contributed by atoms with Crippen molar-refractivity contribution in [1.82, 2.24) is 0 Å². The lowest BCUT2D eigenvalue weighted by Gasteiger charge is -2.20. The molecular weight excluding hydrogens is 268 g/mol. The first-order valence-corrected chi connectivity index (χ1v) is 7.62. The van der Waals surface area contributed by atoms with E-state index in [-0.39, 0.29) is 0 Å². The molecule has 0 aromatic carbocycles. The van der Waals surface area contributed by atoms with Crippen LogP contribution < -0.4 is 0 Å². The zero-order valence-corrected chi connectivity index (χ0v) is 12.3. The SMILES string of the molecule is CCCC(CCC)C(Br)c1ccc(C)s1. The molecule has 1 atom stereocenters. The van der Waals surface area contributed by atoms with E-state index in [1.165, 1.54) is 35.4 Å². The molecule has 0 amide bonds. The number of rotatable bonds is 6. The molecule has 86 valence electrons. The standard InChI is InChI=1S/C13H21BrS/c1-4-6-11(7-5-2)13(14)12-9-8-10(3)15-12/h8-9,11,13H,4-7H2,1-3H3. The third-order valence-electron chi connectivity index (χ3n) is 2.77. The molecule has 0 radical (unpaired) electrons. The van der Waals surface area contributed by atoms with Crippen molar-refractivity contribution in [2.75, 3.05) is 0 Å². The smallest absolute Gasteiger partial charge is 0.0517 e. The molecule has 1 aromatic rings. The zero-order valence-electron chi connectivity index (χ0n) is 9.92. The molecular formula is C13H21BrS. The monoisotopic (exact) mass is 288 g/mol. The van der Waals surface area contributed by atoms with Gasteiger partial charge in [-0.05, 0) is 37.8 Å². The molecule has 0 saturated carbocycles. The maximum atomic E-state index is 3.88. The van der Waals surface area contributed by atoms with Crippen LogP contribution in [0.5, 0.6) is 0 Å². The quantitative estimate of drug-likeness (QED) is 0.588. The normalized spacial score (nSPS) is 13.4. The molecule has 0 aliphatic carbocycles. The molecule has 0 spiro atoms. The first kappa shape index (κ1) is 13.2. The Balaban J connectivity index is 2.66. The maximum Gasteiger partial charge on any atom is 0.0517 e. The fourth-order valence-corrected chi connectivity index (χ4v) is 3.92. The van der Waals surface area contributed by atoms with Crippen LogP contribution in [0.4, 0.5) is 0 Å². The number of hydrogen-bond donors (Lipinski definition) is 0. The fraction of sp³-hybridized carbons (Fsp3) is 0.692. The van der Waals surface area contributed by atoms with Gasteiger partial charge in [0.2, 0.25) is 0 Å². The Morgan fingerprint density at radius 1 is 1.20 bits per heavy atom. The Bertz CT molecular complexity index is 274. The van der Waals surface area contributed by atoms with Gasteiger partial charge < -0.3 is 0 Å². The Morgan fingerprint density at radius 2 is 1.80 bits per heavy atom. The van der Waals surface area contributed by atoms with Gasteiger partial charge in [0.05, 0.1) is 4.83 Å². The van der Waals surface area contributed by atoms with Gasteiger partial charge in [-0.1, -0.05) is 42.6 Å². The minimum atomic E-state index is 0.566. The molecule has 0 N–H and O–H groups in total. The Hall–Kier alpha value is 0.180. The fourth-order valence-electron chi connectivity index (χ4n) is 2.01. The molecule has 0 aliphatic rings. The predicted molar refractivity (Wildman–Crippen MR) is 74.0 cm³/mol. The summed E-state index contributed by atoms with van der Waals surface area (Å²) in [5, 5.41) is 0. The summed E-state index contributed by atoms with van der Waals surface area (Å²) in [7, 11) is 0. The molecule has 15 heavy (non-hydrogen) atoms. The van der Waals surface area contributed by atoms with E-state index in [2.05, 4.69) is 48.8 Å². The third-order valence-corrected chi connectivity index (χ3v) is 5.39. The van der Waals surface area contributed by atoms with Crippen LogP contribution in [0.15, 0.2) is 12.1 Å². The average molecular weight is 289 g/mol. The van der Waals surface area contributed by atoms with Gasteiger partial charge in [-0.25, -0.2) is 0 Å². The van der Waals surface area contributed by atoms with Crippen molar-refractivity contribution < 1.29 is 0 Å². The van der Waals surface area contributed by atoms with E-state index in [0.717, 1.165) is 5.92 Å². The van der Waals surface area contributed by atoms with Crippen molar-refractivity contribution in [3.63, 3.8) is 0 Å². The summed E-state index contributed by atoms with van der Waals surface area (Å²) in [6.45, 7) is 6.74. The van der Waals surface area contributed by atoms with Gasteiger partial charge in [-0.2, -0.15) is 0 Å². The van der Waals surface area contributed by atoms with Crippen LogP contribution in [0, 0.1) is 12.8 Å². The number of thiophene rings is 1. The molecule has 1 rings (SSSR count). The number of halogens is 1. The first-order chi connectivity index (χ1) is 7.19. The van der Waals surface area contributed by atoms with Crippen LogP contribution in [0.3, 0.4) is 0 Å². The van der Waals surface area contributed by atoms with Gasteiger partial charge in [-0.15, -0.1) is 11.3 Å². The molecule has 0 nitrogen and oxygen atoms in total. The lowest BCUT2D eigenvalue weighted by molar-refractivity contribution is 0.438. The van der Waals surface area contributed by atoms with Gasteiger partial charge in [-0.3, -0.25) is 0 Å². The number of aryl methyl sites for hydroxylation is 1. The van der Waals surface area contributed by atoms with Crippen molar-refractivity contribution in [3.8, 4) is 0 Å². The highest BCUT2D eigenvalue weighted by Crippen LogP contribution is 2.39. The molecule has 0 fully saturated rings. The van der Waals surface area contributed by atoms with Crippen molar-refractivity contribution in [3.05, 3.63) is 21.9 Å². The third kappa shape index (κ3) is 3.92. The summed E-state index contributed by atoms with van der Waals surface area (Å²) in [6.07, 6.45) is 5.25. The highest BCUT2D eigenvalue weighted by atomic mass is 79.9. The van der Waals surface area contributed by atoms with Crippen molar-refractivity contribution in [2.45, 2.75) is 51.3 Å². The van der Waals surface area contributed by atoms with Gasteiger partial charge in [0, 0.05) is 9.75 Å². The highest BCUT2D eigenvalue weighted by Gasteiger charge is 2.20. The highest BCUT2D eigenvalue weighted by molar-refractivity contribution is 9.09. The minimum Gasteiger partial charge on any atom is -0.145 e. The molecule has 1 aromatic heterocycles. The van der Waals surface area contributed by atoms with Crippen molar-refractivity contribution in [2.24, 2.45) is 5.92 Å². The largest absolute Gasteiger partial charge is 0.145 e. The molecule has 1 unspecified atom stereocenters. The predicted octanol–water partition coefficient (Wildman–Crippen LogP) is 5.71. The van der Waals surface area contributed by atoms with Crippen LogP contribution in [0.1, 0.15) is 54.1 Å². The summed E-state index contributed by atoms with van der Waals surface area (Å²) in [5.41, 5.74) is 0. The topological polar surface area (TPSA) is 0 Å². The van der Waals surface area contributed by atoms with Crippen LogP contribution in [-0.4, -0.2) is 0 Å². The van der Waals surface area contributed by atoms with Gasteiger partial charge >= 0.3 is 0 Å². The second-order valence-electron chi connectivity index (χ2n) is 4.19. The van der Waals surface area contributed by atoms with E-state index in [9.17, 15) is 0 Å². The van der Waals surface area contributed by atoms with E-state index in [0.29, 0.717) is 4.83 Å². The van der Waals surface area contributed by atoms with Crippen molar-refractivity contribution in [1.29, 1.82) is 0 Å². The Kier molecular flexibility index (Phi) is 5.91. The number of alkyl halides is 1. The van der Waals surface area contributed by atoms with Gasteiger partial charge in [0.1, 0.15) is 0 Å². The summed E-state index contributed by atoms with van der Waals surface area (Å²) >= 11 is 5.81. The lowest BCUT2D eigenvalue weighted by Crippen LogP contribution is -2.06. The van der Waals surface area contributed by atoms with E-state index >= 15 is 0 Å². The Labute approximate surface area is 106 Å². The van der Waals surface area contributed by atoms with Crippen LogP contribution in [0.2, 0.25) is 0 Å². The van der Waals surface area contributed by atoms with Crippen LogP contribution >= 0.6 is 27.3 Å². The van der Waals surface area contributed by atoms with E-state index in [1.807, 2.05) is 11.3 Å². The van der Waals surface area contributed by atoms with Crippen LogP contribution in [-0.2, 0) is 0 Å². The molecule has 1 heterocycles. The summed E-state index contributed by atoms with van der Waals surface area (Å²) in [6, 6.07) is 4.50. The van der Waals surface area contributed by atoms with E-state index in [4.69, 9.17) is 0 Å². The number of hydrogen-bond acceptors (Lipinski definition) is 1. The molecule has 0 saturated heterocycles. The summed E-state index contributed by atoms with van der Waals surface area (Å²) in [4.78, 5) is 3.48. The van der Waals surface area contributed by atoms with Gasteiger partial charge in [0.25, 0.3) is 0 Å². The first-order valence-electron chi connectivity index (χ1n) is 5.89. The summed E-state index contributed by atoms with van der Waals surface area (Å²) in [5.74, 6) is 0.804. The molecule has 0 bridgehead atoms. The summed E-state index contributed by atoms with van der Waals surface area (Å²) < 4.78 is 0. The second-order valence-corrected chi connectivity index (χ2v) is 6.49. The average Bonchev–Trinajstić information content (AvgIpc) is 2.63. The zero-order chi connectivity index (χ0) is 11.3.